The molecule has 0 bridgehead atoms. The largest absolute Gasteiger partial charge is 0.340 e. The van der Waals surface area contributed by atoms with Crippen LogP contribution in [0.3, 0.4) is 0 Å². The number of amides is 1. The number of benzene rings is 2. The molecule has 0 aliphatic carbocycles. The molecule has 1 atom stereocenters. The Kier molecular flexibility index (Phi) is 5.90. The van der Waals surface area contributed by atoms with Gasteiger partial charge in [0.25, 0.3) is 0 Å². The van der Waals surface area contributed by atoms with Gasteiger partial charge < -0.3 is 9.42 Å². The lowest BCUT2D eigenvalue weighted by Crippen LogP contribution is -2.49. The summed E-state index contributed by atoms with van der Waals surface area (Å²) >= 11 is 0. The third-order valence-electron chi connectivity index (χ3n) is 5.95. The quantitative estimate of drug-likeness (QED) is 0.445. The molecule has 1 unspecified atom stereocenters. The van der Waals surface area contributed by atoms with Gasteiger partial charge in [-0.15, -0.1) is 5.10 Å². The average molecular weight is 444 g/mol. The number of carbonyl (C=O) groups excluding carboxylic acids is 1. The molecule has 1 saturated heterocycles. The van der Waals surface area contributed by atoms with Crippen LogP contribution in [0.2, 0.25) is 0 Å². The van der Waals surface area contributed by atoms with Crippen molar-refractivity contribution in [1.82, 2.24) is 40.1 Å². The molecule has 2 aromatic carbocycles. The number of tetrazole rings is 1. The van der Waals surface area contributed by atoms with Crippen LogP contribution in [0, 0.1) is 0 Å². The van der Waals surface area contributed by atoms with Gasteiger partial charge in [0.05, 0.1) is 18.2 Å². The van der Waals surface area contributed by atoms with Crippen molar-refractivity contribution < 1.29 is 9.32 Å². The van der Waals surface area contributed by atoms with Crippen molar-refractivity contribution in [2.45, 2.75) is 19.4 Å². The summed E-state index contributed by atoms with van der Waals surface area (Å²) in [4.78, 5) is 21.6. The van der Waals surface area contributed by atoms with Gasteiger partial charge >= 0.3 is 0 Å². The first-order valence-corrected chi connectivity index (χ1v) is 10.9. The summed E-state index contributed by atoms with van der Waals surface area (Å²) in [6.07, 6.45) is 1.91. The molecule has 3 heterocycles. The highest BCUT2D eigenvalue weighted by atomic mass is 16.5. The minimum Gasteiger partial charge on any atom is -0.340 e. The number of nitrogens with zero attached hydrogens (tertiary/aromatic N) is 8. The maximum atomic E-state index is 12.8. The predicted molar refractivity (Wildman–Crippen MR) is 119 cm³/mol. The molecule has 2 aromatic heterocycles. The van der Waals surface area contributed by atoms with Crippen LogP contribution < -0.4 is 0 Å². The summed E-state index contributed by atoms with van der Waals surface area (Å²) in [7, 11) is 0. The SMILES string of the molecule is CC(c1nc(-c2ccccc2)no1)N1CCN(C(=O)Cc2ccc(-n3cnnn3)cc2)CC1. The van der Waals surface area contributed by atoms with Crippen LogP contribution in [0.1, 0.15) is 24.4 Å². The molecule has 33 heavy (non-hydrogen) atoms. The molecule has 0 N–H and O–H groups in total. The molecule has 168 valence electrons. The summed E-state index contributed by atoms with van der Waals surface area (Å²) in [5.74, 6) is 1.32. The van der Waals surface area contributed by atoms with Crippen LogP contribution >= 0.6 is 0 Å². The van der Waals surface area contributed by atoms with Gasteiger partial charge in [-0.3, -0.25) is 9.69 Å². The third-order valence-corrected chi connectivity index (χ3v) is 5.95. The Hall–Kier alpha value is -3.92. The van der Waals surface area contributed by atoms with Crippen molar-refractivity contribution in [3.05, 3.63) is 72.4 Å². The normalized spacial score (nSPS) is 15.5. The first-order valence-electron chi connectivity index (χ1n) is 10.9. The molecule has 0 saturated carbocycles. The summed E-state index contributed by atoms with van der Waals surface area (Å²) < 4.78 is 7.11. The number of rotatable bonds is 6. The molecule has 1 aliphatic rings. The molecule has 1 aliphatic heterocycles. The van der Waals surface area contributed by atoms with Crippen LogP contribution in [-0.4, -0.2) is 72.2 Å². The van der Waals surface area contributed by atoms with E-state index < -0.39 is 0 Å². The van der Waals surface area contributed by atoms with E-state index in [-0.39, 0.29) is 11.9 Å². The second kappa shape index (κ2) is 9.29. The van der Waals surface area contributed by atoms with Crippen molar-refractivity contribution in [2.24, 2.45) is 0 Å². The van der Waals surface area contributed by atoms with E-state index >= 15 is 0 Å². The van der Waals surface area contributed by atoms with Crippen LogP contribution in [0.15, 0.2) is 65.4 Å². The van der Waals surface area contributed by atoms with Gasteiger partial charge in [-0.2, -0.15) is 4.98 Å². The first kappa shape index (κ1) is 21.0. The van der Waals surface area contributed by atoms with E-state index in [0.717, 1.165) is 29.9 Å². The van der Waals surface area contributed by atoms with Crippen LogP contribution in [0.4, 0.5) is 0 Å². The van der Waals surface area contributed by atoms with Crippen molar-refractivity contribution in [2.75, 3.05) is 26.2 Å². The van der Waals surface area contributed by atoms with Crippen molar-refractivity contribution in [1.29, 1.82) is 0 Å². The van der Waals surface area contributed by atoms with E-state index in [9.17, 15) is 4.79 Å². The molecule has 4 aromatic rings. The Balaban J connectivity index is 1.14. The number of carbonyl (C=O) groups is 1. The van der Waals surface area contributed by atoms with E-state index in [1.807, 2.05) is 59.5 Å². The lowest BCUT2D eigenvalue weighted by atomic mass is 10.1. The van der Waals surface area contributed by atoms with Crippen LogP contribution in [0.25, 0.3) is 17.1 Å². The van der Waals surface area contributed by atoms with Gasteiger partial charge in [-0.05, 0) is 35.0 Å². The lowest BCUT2D eigenvalue weighted by molar-refractivity contribution is -0.132. The Morgan fingerprint density at radius 3 is 2.48 bits per heavy atom. The molecule has 10 heteroatoms. The Bertz CT molecular complexity index is 1180. The van der Waals surface area contributed by atoms with Gasteiger partial charge in [-0.1, -0.05) is 47.6 Å². The molecule has 0 spiro atoms. The lowest BCUT2D eigenvalue weighted by Gasteiger charge is -2.36. The van der Waals surface area contributed by atoms with Gasteiger partial charge in [0, 0.05) is 31.7 Å². The highest BCUT2D eigenvalue weighted by Gasteiger charge is 2.27. The van der Waals surface area contributed by atoms with Gasteiger partial charge in [0.15, 0.2) is 0 Å². The molecular formula is C23H24N8O2. The zero-order valence-electron chi connectivity index (χ0n) is 18.3. The number of aromatic nitrogens is 6. The highest BCUT2D eigenvalue weighted by Crippen LogP contribution is 2.23. The highest BCUT2D eigenvalue weighted by molar-refractivity contribution is 5.79. The Morgan fingerprint density at radius 1 is 1.03 bits per heavy atom. The monoisotopic (exact) mass is 444 g/mol. The van der Waals surface area contributed by atoms with E-state index in [0.29, 0.717) is 31.2 Å². The predicted octanol–water partition coefficient (Wildman–Crippen LogP) is 2.16. The number of piperazine rings is 1. The van der Waals surface area contributed by atoms with E-state index in [1.165, 1.54) is 6.33 Å². The maximum Gasteiger partial charge on any atom is 0.244 e. The first-order chi connectivity index (χ1) is 16.2. The molecular weight excluding hydrogens is 420 g/mol. The smallest absolute Gasteiger partial charge is 0.244 e. The van der Waals surface area contributed by atoms with Crippen molar-refractivity contribution >= 4 is 5.91 Å². The van der Waals surface area contributed by atoms with E-state index in [2.05, 4.69) is 37.5 Å². The molecule has 1 fully saturated rings. The fourth-order valence-corrected chi connectivity index (χ4v) is 3.96. The Labute approximate surface area is 190 Å². The average Bonchev–Trinajstić information content (AvgIpc) is 3.58. The second-order valence-electron chi connectivity index (χ2n) is 8.01. The number of hydrogen-bond acceptors (Lipinski definition) is 8. The summed E-state index contributed by atoms with van der Waals surface area (Å²) in [5, 5.41) is 15.3. The summed E-state index contributed by atoms with van der Waals surface area (Å²) in [5.41, 5.74) is 2.75. The standard InChI is InChI=1S/C23H24N8O2/c1-17(23-25-22(26-33-23)19-5-3-2-4-6-19)29-11-13-30(14-12-29)21(32)15-18-7-9-20(10-8-18)31-16-24-27-28-31/h2-10,16-17H,11-15H2,1H3. The second-order valence-corrected chi connectivity index (χ2v) is 8.01. The topological polar surface area (TPSA) is 106 Å². The molecule has 0 radical (unpaired) electrons. The van der Waals surface area contributed by atoms with Crippen LogP contribution in [0.5, 0.6) is 0 Å². The maximum absolute atomic E-state index is 12.8. The molecule has 1 amide bonds. The Morgan fingerprint density at radius 2 is 1.79 bits per heavy atom. The summed E-state index contributed by atoms with van der Waals surface area (Å²) in [6.45, 7) is 4.92. The zero-order chi connectivity index (χ0) is 22.6. The number of hydrogen-bond donors (Lipinski definition) is 0. The zero-order valence-corrected chi connectivity index (χ0v) is 18.3. The molecule has 10 nitrogen and oxygen atoms in total. The van der Waals surface area contributed by atoms with Crippen LogP contribution in [-0.2, 0) is 11.2 Å². The van der Waals surface area contributed by atoms with E-state index in [1.54, 1.807) is 4.68 Å². The fraction of sp³-hybridized carbons (Fsp3) is 0.304. The van der Waals surface area contributed by atoms with Gasteiger partial charge in [0.2, 0.25) is 17.6 Å². The van der Waals surface area contributed by atoms with Gasteiger partial charge in [0.1, 0.15) is 6.33 Å². The van der Waals surface area contributed by atoms with Crippen molar-refractivity contribution in [3.63, 3.8) is 0 Å². The summed E-state index contributed by atoms with van der Waals surface area (Å²) in [6, 6.07) is 17.5. The van der Waals surface area contributed by atoms with E-state index in [4.69, 9.17) is 4.52 Å². The molecule has 5 rings (SSSR count). The third kappa shape index (κ3) is 4.65. The minimum absolute atomic E-state index is 0.00830. The fourth-order valence-electron chi connectivity index (χ4n) is 3.96. The minimum atomic E-state index is -0.00830. The van der Waals surface area contributed by atoms with Gasteiger partial charge in [-0.25, -0.2) is 4.68 Å². The van der Waals surface area contributed by atoms with Crippen molar-refractivity contribution in [3.8, 4) is 17.1 Å².